The summed E-state index contributed by atoms with van der Waals surface area (Å²) in [6, 6.07) is 7.44. The molecule has 3 nitrogen and oxygen atoms in total. The molecule has 1 aliphatic heterocycles. The highest BCUT2D eigenvalue weighted by Crippen LogP contribution is 2.33. The van der Waals surface area contributed by atoms with Crippen LogP contribution in [0, 0.1) is 0 Å². The molecule has 0 unspecified atom stereocenters. The van der Waals surface area contributed by atoms with Gasteiger partial charge >= 0.3 is 0 Å². The Balaban J connectivity index is 1.76. The van der Waals surface area contributed by atoms with Gasteiger partial charge in [0.05, 0.1) is 5.60 Å². The van der Waals surface area contributed by atoms with Crippen molar-refractivity contribution >= 4 is 17.4 Å². The zero-order valence-electron chi connectivity index (χ0n) is 14.6. The average Bonchev–Trinajstić information content (AvgIpc) is 2.61. The van der Waals surface area contributed by atoms with E-state index in [0.717, 1.165) is 31.6 Å². The van der Waals surface area contributed by atoms with Crippen molar-refractivity contribution in [3.05, 3.63) is 71.8 Å². The lowest BCUT2D eigenvalue weighted by atomic mass is 9.84. The third-order valence-electron chi connectivity index (χ3n) is 4.73. The predicted molar refractivity (Wildman–Crippen MR) is 104 cm³/mol. The van der Waals surface area contributed by atoms with Crippen molar-refractivity contribution in [1.82, 2.24) is 4.90 Å². The second kappa shape index (κ2) is 9.14. The smallest absolute Gasteiger partial charge is 0.162 e. The molecule has 0 aliphatic carbocycles. The molecular formula is C21H26ClNO2. The van der Waals surface area contributed by atoms with Crippen molar-refractivity contribution in [2.24, 2.45) is 0 Å². The Bertz CT molecular complexity index is 640. The SMILES string of the molecule is C=C/C=C\C(=C)C(=O)CCCN1CCC(O)(c2ccc(Cl)cc2)CC1. The maximum absolute atomic E-state index is 12.0. The molecule has 25 heavy (non-hydrogen) atoms. The predicted octanol–water partition coefficient (Wildman–Crippen LogP) is 4.27. The van der Waals surface area contributed by atoms with Crippen LogP contribution >= 0.6 is 11.6 Å². The van der Waals surface area contributed by atoms with E-state index in [1.165, 1.54) is 0 Å². The van der Waals surface area contributed by atoms with Crippen molar-refractivity contribution in [3.63, 3.8) is 0 Å². The normalized spacial score (nSPS) is 17.5. The van der Waals surface area contributed by atoms with Gasteiger partial charge < -0.3 is 10.0 Å². The van der Waals surface area contributed by atoms with Gasteiger partial charge in [0, 0.05) is 30.1 Å². The summed E-state index contributed by atoms with van der Waals surface area (Å²) in [6.45, 7) is 9.87. The Morgan fingerprint density at radius 3 is 2.52 bits per heavy atom. The molecule has 0 atom stereocenters. The Morgan fingerprint density at radius 2 is 1.92 bits per heavy atom. The summed E-state index contributed by atoms with van der Waals surface area (Å²) in [5.41, 5.74) is 0.674. The van der Waals surface area contributed by atoms with E-state index in [-0.39, 0.29) is 5.78 Å². The molecular weight excluding hydrogens is 334 g/mol. The second-order valence-electron chi connectivity index (χ2n) is 6.53. The molecule has 1 aromatic rings. The van der Waals surface area contributed by atoms with E-state index in [9.17, 15) is 9.90 Å². The van der Waals surface area contributed by atoms with Crippen LogP contribution in [-0.2, 0) is 10.4 Å². The number of aliphatic hydroxyl groups is 1. The van der Waals surface area contributed by atoms with E-state index in [0.29, 0.717) is 29.9 Å². The number of halogens is 1. The molecule has 134 valence electrons. The fourth-order valence-corrected chi connectivity index (χ4v) is 3.22. The standard InChI is InChI=1S/C21H26ClNO2/c1-3-4-6-17(2)20(24)7-5-14-23-15-12-21(25,13-16-23)18-8-10-19(22)11-9-18/h3-4,6,8-11,25H,1-2,5,7,12-16H2/b6-4-. The van der Waals surface area contributed by atoms with Gasteiger partial charge in [-0.3, -0.25) is 4.79 Å². The van der Waals surface area contributed by atoms with E-state index in [2.05, 4.69) is 18.1 Å². The number of benzene rings is 1. The molecule has 1 N–H and O–H groups in total. The molecule has 2 rings (SSSR count). The van der Waals surface area contributed by atoms with E-state index in [1.807, 2.05) is 24.3 Å². The minimum Gasteiger partial charge on any atom is -0.385 e. The molecule has 1 aliphatic rings. The first-order valence-corrected chi connectivity index (χ1v) is 9.04. The first-order chi connectivity index (χ1) is 11.9. The molecule has 0 aromatic heterocycles. The molecule has 1 aromatic carbocycles. The van der Waals surface area contributed by atoms with Gasteiger partial charge in [0.15, 0.2) is 5.78 Å². The zero-order valence-corrected chi connectivity index (χ0v) is 15.3. The lowest BCUT2D eigenvalue weighted by Crippen LogP contribution is -2.42. The van der Waals surface area contributed by atoms with Crippen LogP contribution in [0.5, 0.6) is 0 Å². The summed E-state index contributed by atoms with van der Waals surface area (Å²) >= 11 is 5.92. The Morgan fingerprint density at radius 1 is 1.28 bits per heavy atom. The lowest BCUT2D eigenvalue weighted by molar-refractivity contribution is -0.115. The number of hydrogen-bond donors (Lipinski definition) is 1. The van der Waals surface area contributed by atoms with Gasteiger partial charge in [-0.15, -0.1) is 0 Å². The Hall–Kier alpha value is -1.68. The quantitative estimate of drug-likeness (QED) is 0.556. The number of hydrogen-bond acceptors (Lipinski definition) is 3. The summed E-state index contributed by atoms with van der Waals surface area (Å²) in [7, 11) is 0. The van der Waals surface area contributed by atoms with Crippen LogP contribution in [-0.4, -0.2) is 35.4 Å². The maximum atomic E-state index is 12.0. The van der Waals surface area contributed by atoms with Gasteiger partial charge in [-0.1, -0.05) is 55.1 Å². The summed E-state index contributed by atoms with van der Waals surface area (Å²) < 4.78 is 0. The van der Waals surface area contributed by atoms with Crippen molar-refractivity contribution < 1.29 is 9.90 Å². The molecule has 0 bridgehead atoms. The molecule has 0 saturated carbocycles. The number of nitrogens with zero attached hydrogens (tertiary/aromatic N) is 1. The van der Waals surface area contributed by atoms with Crippen molar-refractivity contribution in [2.75, 3.05) is 19.6 Å². The first kappa shape index (κ1) is 19.6. The van der Waals surface area contributed by atoms with Crippen LogP contribution in [0.4, 0.5) is 0 Å². The molecule has 1 saturated heterocycles. The van der Waals surface area contributed by atoms with E-state index in [4.69, 9.17) is 11.6 Å². The van der Waals surface area contributed by atoms with Crippen LogP contribution in [0.15, 0.2) is 61.2 Å². The number of carbonyl (C=O) groups excluding carboxylic acids is 1. The van der Waals surface area contributed by atoms with Gasteiger partial charge in [0.1, 0.15) is 0 Å². The fourth-order valence-electron chi connectivity index (χ4n) is 3.10. The Labute approximate surface area is 155 Å². The fraction of sp³-hybridized carbons (Fsp3) is 0.381. The average molecular weight is 360 g/mol. The lowest BCUT2D eigenvalue weighted by Gasteiger charge is -2.38. The largest absolute Gasteiger partial charge is 0.385 e. The summed E-state index contributed by atoms with van der Waals surface area (Å²) in [4.78, 5) is 14.3. The molecule has 4 heteroatoms. The maximum Gasteiger partial charge on any atom is 0.162 e. The highest BCUT2D eigenvalue weighted by atomic mass is 35.5. The minimum atomic E-state index is -0.777. The number of ketones is 1. The summed E-state index contributed by atoms with van der Waals surface area (Å²) in [5, 5.41) is 11.5. The summed E-state index contributed by atoms with van der Waals surface area (Å²) in [6.07, 6.45) is 7.74. The van der Waals surface area contributed by atoms with E-state index < -0.39 is 5.60 Å². The van der Waals surface area contributed by atoms with Crippen LogP contribution in [0.1, 0.15) is 31.2 Å². The number of piperidine rings is 1. The topological polar surface area (TPSA) is 40.5 Å². The molecule has 1 fully saturated rings. The molecule has 1 heterocycles. The molecule has 0 spiro atoms. The van der Waals surface area contributed by atoms with Gasteiger partial charge in [-0.2, -0.15) is 0 Å². The number of likely N-dealkylation sites (tertiary alicyclic amines) is 1. The van der Waals surface area contributed by atoms with Gasteiger partial charge in [0.25, 0.3) is 0 Å². The number of rotatable bonds is 8. The zero-order chi connectivity index (χ0) is 18.3. The van der Waals surface area contributed by atoms with E-state index >= 15 is 0 Å². The van der Waals surface area contributed by atoms with Crippen LogP contribution in [0.2, 0.25) is 5.02 Å². The minimum absolute atomic E-state index is 0.0766. The highest BCUT2D eigenvalue weighted by molar-refractivity contribution is 6.30. The van der Waals surface area contributed by atoms with Crippen LogP contribution < -0.4 is 0 Å². The molecule has 0 amide bonds. The van der Waals surface area contributed by atoms with Gasteiger partial charge in [-0.05, 0) is 43.5 Å². The Kier molecular flexibility index (Phi) is 7.18. The third kappa shape index (κ3) is 5.67. The third-order valence-corrected chi connectivity index (χ3v) is 4.99. The number of carbonyl (C=O) groups is 1. The van der Waals surface area contributed by atoms with Crippen molar-refractivity contribution in [1.29, 1.82) is 0 Å². The monoisotopic (exact) mass is 359 g/mol. The highest BCUT2D eigenvalue weighted by Gasteiger charge is 2.33. The van der Waals surface area contributed by atoms with Crippen molar-refractivity contribution in [3.8, 4) is 0 Å². The first-order valence-electron chi connectivity index (χ1n) is 8.66. The van der Waals surface area contributed by atoms with Crippen LogP contribution in [0.3, 0.4) is 0 Å². The second-order valence-corrected chi connectivity index (χ2v) is 6.96. The van der Waals surface area contributed by atoms with Crippen molar-refractivity contribution in [2.45, 2.75) is 31.3 Å². The number of Topliss-reactive ketones (excluding diaryl/α,β-unsaturated/α-hetero) is 1. The molecule has 0 radical (unpaired) electrons. The van der Waals surface area contributed by atoms with Gasteiger partial charge in [-0.25, -0.2) is 0 Å². The van der Waals surface area contributed by atoms with Gasteiger partial charge in [0.2, 0.25) is 0 Å². The number of allylic oxidation sites excluding steroid dienone is 4. The van der Waals surface area contributed by atoms with E-state index in [1.54, 1.807) is 18.2 Å². The summed E-state index contributed by atoms with van der Waals surface area (Å²) in [5.74, 6) is 0.0766. The van der Waals surface area contributed by atoms with Crippen LogP contribution in [0.25, 0.3) is 0 Å².